The molecule has 7 nitrogen and oxygen atoms in total. The Morgan fingerprint density at radius 1 is 1.06 bits per heavy atom. The Morgan fingerprint density at radius 3 is 2.72 bits per heavy atom. The maximum absolute atomic E-state index is 12.6. The first-order valence-corrected chi connectivity index (χ1v) is 10.8. The molecule has 0 saturated heterocycles. The highest BCUT2D eigenvalue weighted by atomic mass is 32.1. The summed E-state index contributed by atoms with van der Waals surface area (Å²) in [5.74, 6) is 1.86. The number of carbonyl (C=O) groups excluding carboxylic acids is 1. The molecule has 0 bridgehead atoms. The predicted molar refractivity (Wildman–Crippen MR) is 122 cm³/mol. The van der Waals surface area contributed by atoms with Gasteiger partial charge >= 0.3 is 0 Å². The van der Waals surface area contributed by atoms with E-state index in [1.165, 1.54) is 11.5 Å². The maximum atomic E-state index is 12.6. The zero-order chi connectivity index (χ0) is 22.3. The molecule has 32 heavy (non-hydrogen) atoms. The van der Waals surface area contributed by atoms with Crippen LogP contribution in [0.5, 0.6) is 16.7 Å². The van der Waals surface area contributed by atoms with Crippen molar-refractivity contribution in [1.29, 1.82) is 0 Å². The number of benzene rings is 2. The lowest BCUT2D eigenvalue weighted by atomic mass is 10.1. The Bertz CT molecular complexity index is 1210. The van der Waals surface area contributed by atoms with E-state index < -0.39 is 0 Å². The topological polar surface area (TPSA) is 86.2 Å². The van der Waals surface area contributed by atoms with Crippen LogP contribution in [0.15, 0.2) is 67.0 Å². The van der Waals surface area contributed by atoms with Gasteiger partial charge in [-0.25, -0.2) is 0 Å². The van der Waals surface area contributed by atoms with Gasteiger partial charge in [0, 0.05) is 42.5 Å². The standard InChI is InChI=1S/C24H22N4O3S/c1-16-6-7-19(23(29)26-15-17-8-10-25-11-9-17)14-21(16)31-24-27-22(28-32-24)13-18-4-3-5-20(12-18)30-2/h3-12,14H,13,15H2,1-2H3,(H,26,29). The molecular weight excluding hydrogens is 424 g/mol. The molecular formula is C24H22N4O3S. The monoisotopic (exact) mass is 446 g/mol. The van der Waals surface area contributed by atoms with Crippen molar-refractivity contribution in [3.05, 3.63) is 95.1 Å². The van der Waals surface area contributed by atoms with Crippen molar-refractivity contribution < 1.29 is 14.3 Å². The second kappa shape index (κ2) is 10.0. The van der Waals surface area contributed by atoms with E-state index >= 15 is 0 Å². The van der Waals surface area contributed by atoms with Crippen LogP contribution in [-0.2, 0) is 13.0 Å². The molecule has 2 aromatic heterocycles. The summed E-state index contributed by atoms with van der Waals surface area (Å²) in [5.41, 5.74) is 3.45. The van der Waals surface area contributed by atoms with E-state index in [4.69, 9.17) is 9.47 Å². The van der Waals surface area contributed by atoms with Gasteiger partial charge in [0.2, 0.25) is 0 Å². The highest BCUT2D eigenvalue weighted by Crippen LogP contribution is 2.28. The first kappa shape index (κ1) is 21.5. The predicted octanol–water partition coefficient (Wildman–Crippen LogP) is 4.56. The summed E-state index contributed by atoms with van der Waals surface area (Å²) < 4.78 is 15.6. The van der Waals surface area contributed by atoms with Crippen LogP contribution >= 0.6 is 11.5 Å². The molecule has 0 fully saturated rings. The number of hydrogen-bond donors (Lipinski definition) is 1. The number of rotatable bonds is 8. The summed E-state index contributed by atoms with van der Waals surface area (Å²) in [6.45, 7) is 2.35. The number of methoxy groups -OCH3 is 1. The molecule has 0 atom stereocenters. The van der Waals surface area contributed by atoms with E-state index in [1.54, 1.807) is 31.6 Å². The summed E-state index contributed by atoms with van der Waals surface area (Å²) in [6.07, 6.45) is 3.97. The smallest absolute Gasteiger partial charge is 0.298 e. The quantitative estimate of drug-likeness (QED) is 0.427. The van der Waals surface area contributed by atoms with Crippen LogP contribution in [0.4, 0.5) is 0 Å². The zero-order valence-corrected chi connectivity index (χ0v) is 18.6. The van der Waals surface area contributed by atoms with E-state index in [-0.39, 0.29) is 5.91 Å². The number of carbonyl (C=O) groups is 1. The molecule has 4 aromatic rings. The minimum atomic E-state index is -0.178. The van der Waals surface area contributed by atoms with Crippen LogP contribution in [0.2, 0.25) is 0 Å². The van der Waals surface area contributed by atoms with Crippen molar-refractivity contribution in [3.63, 3.8) is 0 Å². The van der Waals surface area contributed by atoms with E-state index in [0.29, 0.717) is 35.3 Å². The van der Waals surface area contributed by atoms with Gasteiger partial charge in [0.05, 0.1) is 7.11 Å². The SMILES string of the molecule is COc1cccc(Cc2nsc(Oc3cc(C(=O)NCc4ccncc4)ccc3C)n2)c1. The summed E-state index contributed by atoms with van der Waals surface area (Å²) in [5, 5.41) is 3.34. The number of amides is 1. The van der Waals surface area contributed by atoms with E-state index in [1.807, 2.05) is 49.4 Å². The number of aryl methyl sites for hydroxylation is 1. The molecule has 2 heterocycles. The van der Waals surface area contributed by atoms with Crippen LogP contribution in [0.1, 0.15) is 32.9 Å². The molecule has 4 rings (SSSR count). The zero-order valence-electron chi connectivity index (χ0n) is 17.7. The van der Waals surface area contributed by atoms with Gasteiger partial charge in [0.25, 0.3) is 11.1 Å². The lowest BCUT2D eigenvalue weighted by Crippen LogP contribution is -2.22. The molecule has 0 aliphatic carbocycles. The third-order valence-electron chi connectivity index (χ3n) is 4.80. The van der Waals surface area contributed by atoms with Gasteiger partial charge in [-0.15, -0.1) is 0 Å². The van der Waals surface area contributed by atoms with E-state index in [2.05, 4.69) is 19.7 Å². The molecule has 0 unspecified atom stereocenters. The Hall–Kier alpha value is -3.78. The van der Waals surface area contributed by atoms with Crippen LogP contribution in [0.25, 0.3) is 0 Å². The van der Waals surface area contributed by atoms with Gasteiger partial charge in [-0.3, -0.25) is 9.78 Å². The van der Waals surface area contributed by atoms with Crippen LogP contribution in [-0.4, -0.2) is 27.4 Å². The van der Waals surface area contributed by atoms with Gasteiger partial charge in [0.15, 0.2) is 5.82 Å². The normalized spacial score (nSPS) is 10.6. The molecule has 0 spiro atoms. The molecule has 0 saturated carbocycles. The van der Waals surface area contributed by atoms with Gasteiger partial charge in [-0.05, 0) is 60.0 Å². The lowest BCUT2D eigenvalue weighted by Gasteiger charge is -2.09. The summed E-state index contributed by atoms with van der Waals surface area (Å²) in [6, 6.07) is 16.9. The fraction of sp³-hybridized carbons (Fsp3) is 0.167. The van der Waals surface area contributed by atoms with Gasteiger partial charge in [-0.2, -0.15) is 9.36 Å². The minimum absolute atomic E-state index is 0.178. The van der Waals surface area contributed by atoms with Gasteiger partial charge in [0.1, 0.15) is 11.5 Å². The van der Waals surface area contributed by atoms with Crippen molar-refractivity contribution in [2.75, 3.05) is 7.11 Å². The maximum Gasteiger partial charge on any atom is 0.298 e. The number of pyridine rings is 1. The Kier molecular flexibility index (Phi) is 6.72. The summed E-state index contributed by atoms with van der Waals surface area (Å²) >= 11 is 1.18. The van der Waals surface area contributed by atoms with Crippen LogP contribution in [0, 0.1) is 6.92 Å². The highest BCUT2D eigenvalue weighted by molar-refractivity contribution is 7.07. The summed E-state index contributed by atoms with van der Waals surface area (Å²) in [4.78, 5) is 21.0. The molecule has 1 amide bonds. The molecule has 0 aliphatic heterocycles. The molecule has 162 valence electrons. The summed E-state index contributed by atoms with van der Waals surface area (Å²) in [7, 11) is 1.64. The number of aromatic nitrogens is 3. The average molecular weight is 447 g/mol. The highest BCUT2D eigenvalue weighted by Gasteiger charge is 2.13. The van der Waals surface area contributed by atoms with Crippen molar-refractivity contribution in [2.24, 2.45) is 0 Å². The Labute approximate surface area is 190 Å². The minimum Gasteiger partial charge on any atom is -0.497 e. The molecule has 1 N–H and O–H groups in total. The Balaban J connectivity index is 1.42. The fourth-order valence-corrected chi connectivity index (χ4v) is 3.61. The number of ether oxygens (including phenoxy) is 2. The third kappa shape index (κ3) is 5.47. The number of hydrogen-bond acceptors (Lipinski definition) is 7. The second-order valence-corrected chi connectivity index (χ2v) is 7.84. The Morgan fingerprint density at radius 2 is 1.91 bits per heavy atom. The first-order valence-electron chi connectivity index (χ1n) is 10.0. The van der Waals surface area contributed by atoms with E-state index in [9.17, 15) is 4.79 Å². The lowest BCUT2D eigenvalue weighted by molar-refractivity contribution is 0.0950. The first-order chi connectivity index (χ1) is 15.6. The molecule has 8 heteroatoms. The van der Waals surface area contributed by atoms with Crippen molar-refractivity contribution in [1.82, 2.24) is 19.7 Å². The number of nitrogens with one attached hydrogen (secondary N) is 1. The molecule has 2 aromatic carbocycles. The largest absolute Gasteiger partial charge is 0.497 e. The van der Waals surface area contributed by atoms with Crippen molar-refractivity contribution in [3.8, 4) is 16.7 Å². The van der Waals surface area contributed by atoms with Gasteiger partial charge < -0.3 is 14.8 Å². The van der Waals surface area contributed by atoms with Crippen molar-refractivity contribution in [2.45, 2.75) is 19.9 Å². The average Bonchev–Trinajstić information content (AvgIpc) is 3.26. The fourth-order valence-electron chi connectivity index (χ4n) is 3.05. The molecule has 0 radical (unpaired) electrons. The second-order valence-electron chi connectivity index (χ2n) is 7.13. The van der Waals surface area contributed by atoms with Crippen molar-refractivity contribution >= 4 is 17.4 Å². The number of nitrogens with zero attached hydrogens (tertiary/aromatic N) is 3. The van der Waals surface area contributed by atoms with Gasteiger partial charge in [-0.1, -0.05) is 18.2 Å². The van der Waals surface area contributed by atoms with E-state index in [0.717, 1.165) is 22.4 Å². The third-order valence-corrected chi connectivity index (χ3v) is 5.43. The molecule has 0 aliphatic rings. The van der Waals surface area contributed by atoms with Crippen LogP contribution in [0.3, 0.4) is 0 Å². The van der Waals surface area contributed by atoms with Crippen LogP contribution < -0.4 is 14.8 Å².